The Morgan fingerprint density at radius 2 is 2.14 bits per heavy atom. The summed E-state index contributed by atoms with van der Waals surface area (Å²) in [6.45, 7) is 0.456. The zero-order valence-electron chi connectivity index (χ0n) is 7.74. The summed E-state index contributed by atoms with van der Waals surface area (Å²) >= 11 is 10.5. The maximum absolute atomic E-state index is 6.06. The van der Waals surface area contributed by atoms with E-state index in [1.807, 2.05) is 24.3 Å². The lowest BCUT2D eigenvalue weighted by molar-refractivity contribution is 0.414. The van der Waals surface area contributed by atoms with Gasteiger partial charge >= 0.3 is 0 Å². The summed E-state index contributed by atoms with van der Waals surface area (Å²) in [5, 5.41) is 2.13. The molecule has 1 unspecified atom stereocenters. The molecule has 0 fully saturated rings. The Morgan fingerprint density at radius 3 is 2.64 bits per heavy atom. The molecule has 2 nitrogen and oxygen atoms in total. The van der Waals surface area contributed by atoms with Gasteiger partial charge < -0.3 is 4.74 Å². The summed E-state index contributed by atoms with van der Waals surface area (Å²) in [4.78, 5) is 3.79. The van der Waals surface area contributed by atoms with Crippen LogP contribution in [0.25, 0.3) is 0 Å². The third kappa shape index (κ3) is 3.11. The fraction of sp³-hybridized carbons (Fsp3) is 0.300. The molecule has 0 aromatic heterocycles. The Hall–Kier alpha value is -0.890. The molecule has 0 radical (unpaired) electrons. The first-order valence-corrected chi connectivity index (χ1v) is 4.94. The second-order valence-electron chi connectivity index (χ2n) is 2.67. The maximum Gasteiger partial charge on any atom is 0.118 e. The third-order valence-electron chi connectivity index (χ3n) is 1.79. The number of ether oxygens (including phenoxy) is 1. The van der Waals surface area contributed by atoms with Crippen molar-refractivity contribution in [2.45, 2.75) is 5.38 Å². The summed E-state index contributed by atoms with van der Waals surface area (Å²) in [6.07, 6.45) is 0. The van der Waals surface area contributed by atoms with E-state index in [1.165, 1.54) is 0 Å². The smallest absolute Gasteiger partial charge is 0.118 e. The molecule has 0 bridgehead atoms. The molecular formula is C10H10ClNOS. The minimum atomic E-state index is -0.156. The molecule has 0 heterocycles. The van der Waals surface area contributed by atoms with Crippen LogP contribution in [0.3, 0.4) is 0 Å². The molecule has 0 amide bonds. The first-order chi connectivity index (χ1) is 6.77. The van der Waals surface area contributed by atoms with Crippen LogP contribution in [0.1, 0.15) is 10.9 Å². The van der Waals surface area contributed by atoms with Crippen LogP contribution in [0, 0.1) is 0 Å². The van der Waals surface area contributed by atoms with Crippen molar-refractivity contribution in [1.29, 1.82) is 0 Å². The molecule has 0 aliphatic rings. The number of benzene rings is 1. The van der Waals surface area contributed by atoms with Crippen LogP contribution in [0.4, 0.5) is 0 Å². The molecule has 0 saturated carbocycles. The highest BCUT2D eigenvalue weighted by Gasteiger charge is 2.06. The summed E-state index contributed by atoms with van der Waals surface area (Å²) in [5.74, 6) is 0.816. The van der Waals surface area contributed by atoms with Crippen molar-refractivity contribution >= 4 is 29.0 Å². The molecular weight excluding hydrogens is 218 g/mol. The van der Waals surface area contributed by atoms with Crippen LogP contribution >= 0.6 is 23.8 Å². The molecule has 14 heavy (non-hydrogen) atoms. The van der Waals surface area contributed by atoms with E-state index in [2.05, 4.69) is 22.4 Å². The van der Waals surface area contributed by atoms with Gasteiger partial charge in [0.05, 0.1) is 24.2 Å². The van der Waals surface area contributed by atoms with Crippen LogP contribution in [0.5, 0.6) is 5.75 Å². The molecule has 0 N–H and O–H groups in total. The van der Waals surface area contributed by atoms with Gasteiger partial charge in [-0.05, 0) is 29.9 Å². The molecule has 1 aromatic carbocycles. The van der Waals surface area contributed by atoms with Crippen LogP contribution in [-0.2, 0) is 0 Å². The van der Waals surface area contributed by atoms with E-state index in [9.17, 15) is 0 Å². The normalized spacial score (nSPS) is 11.6. The van der Waals surface area contributed by atoms with E-state index >= 15 is 0 Å². The van der Waals surface area contributed by atoms with Crippen LogP contribution in [0.15, 0.2) is 29.3 Å². The van der Waals surface area contributed by atoms with E-state index < -0.39 is 0 Å². The second-order valence-corrected chi connectivity index (χ2v) is 3.38. The van der Waals surface area contributed by atoms with Crippen molar-refractivity contribution in [1.82, 2.24) is 0 Å². The van der Waals surface area contributed by atoms with Gasteiger partial charge in [0.2, 0.25) is 0 Å². The number of isothiocyanates is 1. The molecule has 0 saturated heterocycles. The predicted molar refractivity (Wildman–Crippen MR) is 61.5 cm³/mol. The molecule has 1 rings (SSSR count). The van der Waals surface area contributed by atoms with Gasteiger partial charge in [-0.3, -0.25) is 0 Å². The highest BCUT2D eigenvalue weighted by Crippen LogP contribution is 2.22. The fourth-order valence-electron chi connectivity index (χ4n) is 1.04. The number of hydrogen-bond acceptors (Lipinski definition) is 3. The molecule has 1 atom stereocenters. The summed E-state index contributed by atoms with van der Waals surface area (Å²) in [7, 11) is 1.63. The molecule has 0 spiro atoms. The van der Waals surface area contributed by atoms with Crippen LogP contribution < -0.4 is 4.74 Å². The van der Waals surface area contributed by atoms with E-state index in [0.717, 1.165) is 11.3 Å². The average Bonchev–Trinajstić information content (AvgIpc) is 2.26. The summed E-state index contributed by atoms with van der Waals surface area (Å²) < 4.78 is 5.03. The lowest BCUT2D eigenvalue weighted by Crippen LogP contribution is -1.94. The summed E-state index contributed by atoms with van der Waals surface area (Å²) in [5.41, 5.74) is 1.00. The number of alkyl halides is 1. The fourth-order valence-corrected chi connectivity index (χ4v) is 1.32. The van der Waals surface area contributed by atoms with Crippen LogP contribution in [-0.4, -0.2) is 18.8 Å². The summed E-state index contributed by atoms with van der Waals surface area (Å²) in [6, 6.07) is 7.56. The van der Waals surface area contributed by atoms with Crippen molar-refractivity contribution in [3.05, 3.63) is 29.8 Å². The van der Waals surface area contributed by atoms with E-state index in [-0.39, 0.29) is 5.38 Å². The number of hydrogen-bond donors (Lipinski definition) is 0. The molecule has 74 valence electrons. The number of thiocarbonyl (C=S) groups is 1. The number of aliphatic imine (C=N–C) groups is 1. The van der Waals surface area contributed by atoms with Gasteiger partial charge in [0.15, 0.2) is 0 Å². The Kier molecular flexibility index (Phi) is 4.60. The Bertz CT molecular complexity index is 332. The SMILES string of the molecule is COc1ccc(C(Cl)CN=C=S)cc1. The lowest BCUT2D eigenvalue weighted by Gasteiger charge is -2.06. The second kappa shape index (κ2) is 5.76. The van der Waals surface area contributed by atoms with Gasteiger partial charge in [-0.1, -0.05) is 12.1 Å². The first-order valence-electron chi connectivity index (χ1n) is 4.09. The molecule has 4 heteroatoms. The highest BCUT2D eigenvalue weighted by molar-refractivity contribution is 7.78. The zero-order valence-corrected chi connectivity index (χ0v) is 9.31. The van der Waals surface area contributed by atoms with E-state index in [4.69, 9.17) is 16.3 Å². The average molecular weight is 228 g/mol. The van der Waals surface area contributed by atoms with Crippen molar-refractivity contribution in [2.24, 2.45) is 4.99 Å². The topological polar surface area (TPSA) is 21.6 Å². The molecule has 1 aromatic rings. The number of rotatable bonds is 4. The Labute approximate surface area is 93.6 Å². The minimum absolute atomic E-state index is 0.156. The number of halogens is 1. The molecule has 0 aliphatic heterocycles. The van der Waals surface area contributed by atoms with Crippen molar-refractivity contribution in [2.75, 3.05) is 13.7 Å². The number of nitrogens with zero attached hydrogens (tertiary/aromatic N) is 1. The van der Waals surface area contributed by atoms with E-state index in [0.29, 0.717) is 6.54 Å². The Balaban J connectivity index is 2.70. The first kappa shape index (κ1) is 11.2. The van der Waals surface area contributed by atoms with Crippen molar-refractivity contribution < 1.29 is 4.74 Å². The predicted octanol–water partition coefficient (Wildman–Crippen LogP) is 3.08. The van der Waals surface area contributed by atoms with Gasteiger partial charge in [0.25, 0.3) is 0 Å². The van der Waals surface area contributed by atoms with Gasteiger partial charge in [-0.25, -0.2) is 4.99 Å². The van der Waals surface area contributed by atoms with Gasteiger partial charge in [0, 0.05) is 0 Å². The van der Waals surface area contributed by atoms with Crippen molar-refractivity contribution in [3.8, 4) is 5.75 Å². The van der Waals surface area contributed by atoms with Crippen LogP contribution in [0.2, 0.25) is 0 Å². The zero-order chi connectivity index (χ0) is 10.4. The standard InChI is InChI=1S/C10H10ClNOS/c1-13-9-4-2-8(3-5-9)10(11)6-12-7-14/h2-5,10H,6H2,1H3. The minimum Gasteiger partial charge on any atom is -0.497 e. The third-order valence-corrected chi connectivity index (χ3v) is 2.31. The van der Waals surface area contributed by atoms with E-state index in [1.54, 1.807) is 7.11 Å². The van der Waals surface area contributed by atoms with Gasteiger partial charge in [-0.15, -0.1) is 11.6 Å². The van der Waals surface area contributed by atoms with Crippen molar-refractivity contribution in [3.63, 3.8) is 0 Å². The largest absolute Gasteiger partial charge is 0.497 e. The van der Waals surface area contributed by atoms with Gasteiger partial charge in [0.1, 0.15) is 5.75 Å². The quantitative estimate of drug-likeness (QED) is 0.448. The lowest BCUT2D eigenvalue weighted by atomic mass is 10.1. The maximum atomic E-state index is 6.06. The number of methoxy groups -OCH3 is 1. The Morgan fingerprint density at radius 1 is 1.50 bits per heavy atom. The molecule has 0 aliphatic carbocycles. The van der Waals surface area contributed by atoms with Gasteiger partial charge in [-0.2, -0.15) is 0 Å². The monoisotopic (exact) mass is 227 g/mol. The highest BCUT2D eigenvalue weighted by atomic mass is 35.5.